The lowest BCUT2D eigenvalue weighted by Crippen LogP contribution is -2.08. The highest BCUT2D eigenvalue weighted by atomic mass is 35.5. The predicted molar refractivity (Wildman–Crippen MR) is 74.7 cm³/mol. The van der Waals surface area contributed by atoms with E-state index in [1.807, 2.05) is 13.0 Å². The third kappa shape index (κ3) is 2.38. The van der Waals surface area contributed by atoms with Crippen LogP contribution in [0.5, 0.6) is 0 Å². The minimum absolute atomic E-state index is 0.531. The monoisotopic (exact) mass is 291 g/mol. The molecular weight excluding hydrogens is 278 g/mol. The number of rotatable bonds is 5. The van der Waals surface area contributed by atoms with E-state index >= 15 is 0 Å². The van der Waals surface area contributed by atoms with Crippen molar-refractivity contribution in [2.45, 2.75) is 26.3 Å². The molecule has 3 rings (SSSR count). The number of alkyl halides is 1. The van der Waals surface area contributed by atoms with E-state index in [0.29, 0.717) is 31.2 Å². The van der Waals surface area contributed by atoms with Gasteiger partial charge in [0.2, 0.25) is 5.89 Å². The lowest BCUT2D eigenvalue weighted by atomic mass is 10.3. The second kappa shape index (κ2) is 5.58. The Balaban J connectivity index is 1.98. The van der Waals surface area contributed by atoms with Gasteiger partial charge in [-0.25, -0.2) is 9.97 Å². The van der Waals surface area contributed by atoms with Crippen LogP contribution in [0.4, 0.5) is 0 Å². The maximum absolute atomic E-state index is 5.86. The number of halogens is 1. The number of imidazole rings is 1. The van der Waals surface area contributed by atoms with Crippen molar-refractivity contribution in [1.82, 2.24) is 24.7 Å². The molecule has 0 radical (unpaired) electrons. The zero-order valence-electron chi connectivity index (χ0n) is 11.1. The van der Waals surface area contributed by atoms with Crippen molar-refractivity contribution in [3.05, 3.63) is 35.9 Å². The Bertz CT molecular complexity index is 707. The Hall–Kier alpha value is -1.95. The molecule has 3 aromatic heterocycles. The SMILES string of the molecule is Cc1ccnc2c1nc(CCCl)n2CCc1ncno1. The van der Waals surface area contributed by atoms with E-state index in [9.17, 15) is 0 Å². The molecule has 104 valence electrons. The number of aromatic nitrogens is 5. The van der Waals surface area contributed by atoms with E-state index in [0.717, 1.165) is 22.6 Å². The summed E-state index contributed by atoms with van der Waals surface area (Å²) in [5.74, 6) is 2.08. The highest BCUT2D eigenvalue weighted by Gasteiger charge is 2.13. The average molecular weight is 292 g/mol. The van der Waals surface area contributed by atoms with Crippen molar-refractivity contribution in [1.29, 1.82) is 0 Å². The van der Waals surface area contributed by atoms with E-state index in [1.54, 1.807) is 6.20 Å². The summed E-state index contributed by atoms with van der Waals surface area (Å²) in [5, 5.41) is 3.61. The van der Waals surface area contributed by atoms with Gasteiger partial charge >= 0.3 is 0 Å². The highest BCUT2D eigenvalue weighted by Crippen LogP contribution is 2.18. The fraction of sp³-hybridized carbons (Fsp3) is 0.385. The minimum atomic E-state index is 0.531. The Morgan fingerprint density at radius 1 is 1.30 bits per heavy atom. The molecule has 7 heteroatoms. The smallest absolute Gasteiger partial charge is 0.228 e. The van der Waals surface area contributed by atoms with Crippen LogP contribution in [0.2, 0.25) is 0 Å². The molecule has 0 N–H and O–H groups in total. The Kier molecular flexibility index (Phi) is 3.64. The van der Waals surface area contributed by atoms with Gasteiger partial charge in [-0.05, 0) is 18.6 Å². The predicted octanol–water partition coefficient (Wildman–Crippen LogP) is 2.15. The van der Waals surface area contributed by atoms with Crippen molar-refractivity contribution in [3.8, 4) is 0 Å². The van der Waals surface area contributed by atoms with Gasteiger partial charge in [0.1, 0.15) is 11.3 Å². The summed E-state index contributed by atoms with van der Waals surface area (Å²) >= 11 is 5.86. The second-order valence-electron chi connectivity index (χ2n) is 4.50. The van der Waals surface area contributed by atoms with Gasteiger partial charge in [-0.15, -0.1) is 11.6 Å². The summed E-state index contributed by atoms with van der Waals surface area (Å²) in [6.07, 6.45) is 4.56. The quantitative estimate of drug-likeness (QED) is 0.674. The Morgan fingerprint density at radius 2 is 2.20 bits per heavy atom. The van der Waals surface area contributed by atoms with Gasteiger partial charge in [-0.2, -0.15) is 4.98 Å². The van der Waals surface area contributed by atoms with E-state index in [-0.39, 0.29) is 0 Å². The van der Waals surface area contributed by atoms with Crippen molar-refractivity contribution < 1.29 is 4.52 Å². The van der Waals surface area contributed by atoms with E-state index in [2.05, 4.69) is 24.7 Å². The van der Waals surface area contributed by atoms with Crippen molar-refractivity contribution in [3.63, 3.8) is 0 Å². The molecule has 0 saturated heterocycles. The first-order valence-electron chi connectivity index (χ1n) is 6.42. The van der Waals surface area contributed by atoms with Crippen molar-refractivity contribution in [2.75, 3.05) is 5.88 Å². The topological polar surface area (TPSA) is 69.6 Å². The standard InChI is InChI=1S/C13H14ClN5O/c1-9-3-6-15-13-12(9)18-10(2-5-14)19(13)7-4-11-16-8-17-20-11/h3,6,8H,2,4-5,7H2,1H3. The van der Waals surface area contributed by atoms with Gasteiger partial charge in [-0.1, -0.05) is 5.16 Å². The molecule has 0 atom stereocenters. The molecule has 0 unspecified atom stereocenters. The summed E-state index contributed by atoms with van der Waals surface area (Å²) in [6, 6.07) is 1.96. The molecule has 0 saturated carbocycles. The number of nitrogens with zero attached hydrogens (tertiary/aromatic N) is 5. The number of fused-ring (bicyclic) bond motifs is 1. The molecule has 0 aliphatic heterocycles. The zero-order chi connectivity index (χ0) is 13.9. The molecule has 0 aliphatic carbocycles. The number of hydrogen-bond donors (Lipinski definition) is 0. The lowest BCUT2D eigenvalue weighted by molar-refractivity contribution is 0.370. The normalized spacial score (nSPS) is 11.3. The fourth-order valence-electron chi connectivity index (χ4n) is 2.21. The molecule has 20 heavy (non-hydrogen) atoms. The molecule has 0 aliphatic rings. The van der Waals surface area contributed by atoms with E-state index < -0.39 is 0 Å². The first-order chi connectivity index (χ1) is 9.79. The van der Waals surface area contributed by atoms with Crippen LogP contribution in [-0.4, -0.2) is 30.6 Å². The average Bonchev–Trinajstić information content (AvgIpc) is 3.05. The van der Waals surface area contributed by atoms with Crippen LogP contribution >= 0.6 is 11.6 Å². The van der Waals surface area contributed by atoms with E-state index in [1.165, 1.54) is 6.33 Å². The first-order valence-corrected chi connectivity index (χ1v) is 6.95. The molecule has 0 aromatic carbocycles. The first kappa shape index (κ1) is 13.1. The van der Waals surface area contributed by atoms with Gasteiger partial charge in [0.15, 0.2) is 12.0 Å². The van der Waals surface area contributed by atoms with Crippen LogP contribution < -0.4 is 0 Å². The molecule has 0 fully saturated rings. The van der Waals surface area contributed by atoms with Gasteiger partial charge in [-0.3, -0.25) is 0 Å². The van der Waals surface area contributed by atoms with Crippen molar-refractivity contribution >= 4 is 22.8 Å². The summed E-state index contributed by atoms with van der Waals surface area (Å²) in [7, 11) is 0. The maximum atomic E-state index is 5.86. The van der Waals surface area contributed by atoms with Gasteiger partial charge < -0.3 is 9.09 Å². The van der Waals surface area contributed by atoms with Crippen LogP contribution in [0, 0.1) is 6.92 Å². The maximum Gasteiger partial charge on any atom is 0.228 e. The van der Waals surface area contributed by atoms with Crippen molar-refractivity contribution in [2.24, 2.45) is 0 Å². The van der Waals surface area contributed by atoms with Crippen LogP contribution in [-0.2, 0) is 19.4 Å². The third-order valence-corrected chi connectivity index (χ3v) is 3.38. The second-order valence-corrected chi connectivity index (χ2v) is 4.88. The fourth-order valence-corrected chi connectivity index (χ4v) is 2.38. The molecule has 0 spiro atoms. The number of hydrogen-bond acceptors (Lipinski definition) is 5. The molecule has 0 bridgehead atoms. The zero-order valence-corrected chi connectivity index (χ0v) is 11.8. The molecule has 3 heterocycles. The van der Waals surface area contributed by atoms with Gasteiger partial charge in [0, 0.05) is 31.5 Å². The largest absolute Gasteiger partial charge is 0.340 e. The number of pyridine rings is 1. The molecule has 3 aromatic rings. The lowest BCUT2D eigenvalue weighted by Gasteiger charge is -2.05. The van der Waals surface area contributed by atoms with Crippen LogP contribution in [0.1, 0.15) is 17.3 Å². The summed E-state index contributed by atoms with van der Waals surface area (Å²) in [6.45, 7) is 2.73. The highest BCUT2D eigenvalue weighted by molar-refractivity contribution is 6.17. The molecular formula is C13H14ClN5O. The van der Waals surface area contributed by atoms with Crippen LogP contribution in [0.25, 0.3) is 11.2 Å². The van der Waals surface area contributed by atoms with Crippen LogP contribution in [0.15, 0.2) is 23.1 Å². The third-order valence-electron chi connectivity index (χ3n) is 3.19. The van der Waals surface area contributed by atoms with Gasteiger partial charge in [0.25, 0.3) is 0 Å². The summed E-state index contributed by atoms with van der Waals surface area (Å²) in [4.78, 5) is 13.1. The Labute approximate surface area is 120 Å². The number of aryl methyl sites for hydroxylation is 4. The summed E-state index contributed by atoms with van der Waals surface area (Å²) in [5.41, 5.74) is 2.92. The van der Waals surface area contributed by atoms with E-state index in [4.69, 9.17) is 16.1 Å². The molecule has 0 amide bonds. The molecule has 6 nitrogen and oxygen atoms in total. The van der Waals surface area contributed by atoms with Gasteiger partial charge in [0.05, 0.1) is 0 Å². The summed E-state index contributed by atoms with van der Waals surface area (Å²) < 4.78 is 7.10. The minimum Gasteiger partial charge on any atom is -0.340 e. The van der Waals surface area contributed by atoms with Crippen LogP contribution in [0.3, 0.4) is 0 Å². The Morgan fingerprint density at radius 3 is 2.95 bits per heavy atom.